The average Bonchev–Trinajstić information content (AvgIpc) is 3.24. The average molecular weight is 390 g/mol. The Morgan fingerprint density at radius 2 is 1.88 bits per heavy atom. The van der Waals surface area contributed by atoms with Crippen molar-refractivity contribution in [1.29, 1.82) is 0 Å². The van der Waals surface area contributed by atoms with Crippen molar-refractivity contribution in [2.24, 2.45) is 0 Å². The maximum absolute atomic E-state index is 12.6. The predicted octanol–water partition coefficient (Wildman–Crippen LogP) is 0.389. The third kappa shape index (κ3) is 3.28. The van der Waals surface area contributed by atoms with Crippen LogP contribution >= 0.6 is 0 Å². The molecule has 3 fully saturated rings. The van der Waals surface area contributed by atoms with Gasteiger partial charge in [0.1, 0.15) is 30.7 Å². The molecule has 10 nitrogen and oxygen atoms in total. The van der Waals surface area contributed by atoms with Crippen LogP contribution in [0.2, 0.25) is 0 Å². The molecule has 0 saturated carbocycles. The molecule has 11 heteroatoms. The van der Waals surface area contributed by atoms with Gasteiger partial charge in [0.15, 0.2) is 17.9 Å². The van der Waals surface area contributed by atoms with Crippen LogP contribution in [-0.4, -0.2) is 66.3 Å². The fourth-order valence-electron chi connectivity index (χ4n) is 3.36. The van der Waals surface area contributed by atoms with Gasteiger partial charge in [0, 0.05) is 12.4 Å². The van der Waals surface area contributed by atoms with Gasteiger partial charge in [-0.2, -0.15) is 8.42 Å². The summed E-state index contributed by atoms with van der Waals surface area (Å²) < 4.78 is 60.3. The van der Waals surface area contributed by atoms with Crippen LogP contribution in [0.4, 0.5) is 0 Å². The highest BCUT2D eigenvalue weighted by Crippen LogP contribution is 2.42. The van der Waals surface area contributed by atoms with Gasteiger partial charge in [0.25, 0.3) is 0 Å². The Morgan fingerprint density at radius 3 is 2.50 bits per heavy atom. The minimum Gasteiger partial charge on any atom is -0.348 e. The van der Waals surface area contributed by atoms with Crippen LogP contribution in [0.3, 0.4) is 0 Å². The van der Waals surface area contributed by atoms with Gasteiger partial charge in [-0.3, -0.25) is 0 Å². The van der Waals surface area contributed by atoms with E-state index in [-0.39, 0.29) is 6.61 Å². The Labute approximate surface area is 151 Å². The van der Waals surface area contributed by atoms with E-state index in [0.717, 1.165) is 10.3 Å². The third-order valence-electron chi connectivity index (χ3n) is 4.39. The lowest BCUT2D eigenvalue weighted by molar-refractivity contribution is -0.230. The lowest BCUT2D eigenvalue weighted by Gasteiger charge is -2.28. The maximum Gasteiger partial charge on any atom is 0.367 e. The SMILES string of the molecule is CC1(C)O[C@H]2OC([C@H]3COC(C)(C)O3)[C@@H](OS(=O)(=O)n3ccnc3)[C@H]2O1. The minimum absolute atomic E-state index is 0.242. The lowest BCUT2D eigenvalue weighted by Crippen LogP contribution is -2.45. The zero-order chi connectivity index (χ0) is 18.7. The Hall–Kier alpha value is -1.08. The molecule has 3 aliphatic rings. The number of aromatic nitrogens is 2. The first-order valence-electron chi connectivity index (χ1n) is 8.31. The van der Waals surface area contributed by atoms with E-state index in [1.54, 1.807) is 27.7 Å². The number of hydrogen-bond acceptors (Lipinski definition) is 9. The van der Waals surface area contributed by atoms with Crippen molar-refractivity contribution in [1.82, 2.24) is 8.96 Å². The molecule has 0 aliphatic carbocycles. The van der Waals surface area contributed by atoms with Crippen LogP contribution in [0.15, 0.2) is 18.7 Å². The molecule has 0 spiro atoms. The quantitative estimate of drug-likeness (QED) is 0.721. The Kier molecular flexibility index (Phi) is 4.19. The lowest BCUT2D eigenvalue weighted by atomic mass is 10.1. The second-order valence-electron chi connectivity index (χ2n) is 7.35. The first-order valence-corrected chi connectivity index (χ1v) is 9.67. The van der Waals surface area contributed by atoms with E-state index in [0.29, 0.717) is 0 Å². The smallest absolute Gasteiger partial charge is 0.348 e. The summed E-state index contributed by atoms with van der Waals surface area (Å²) in [5.41, 5.74) is 0. The van der Waals surface area contributed by atoms with Crippen molar-refractivity contribution in [2.75, 3.05) is 6.61 Å². The summed E-state index contributed by atoms with van der Waals surface area (Å²) in [6.45, 7) is 7.24. The molecule has 0 aromatic carbocycles. The second kappa shape index (κ2) is 5.96. The predicted molar refractivity (Wildman–Crippen MR) is 85.0 cm³/mol. The number of imidazole rings is 1. The summed E-state index contributed by atoms with van der Waals surface area (Å²) in [6.07, 6.45) is 0.0800. The van der Waals surface area contributed by atoms with Gasteiger partial charge in [0.05, 0.1) is 6.61 Å². The van der Waals surface area contributed by atoms with Crippen molar-refractivity contribution in [3.05, 3.63) is 18.7 Å². The second-order valence-corrected chi connectivity index (χ2v) is 8.82. The molecule has 0 bridgehead atoms. The highest BCUT2D eigenvalue weighted by molar-refractivity contribution is 7.85. The Balaban J connectivity index is 1.60. The molecule has 3 saturated heterocycles. The van der Waals surface area contributed by atoms with Crippen LogP contribution in [0.1, 0.15) is 27.7 Å². The third-order valence-corrected chi connectivity index (χ3v) is 5.59. The minimum atomic E-state index is -4.13. The topological polar surface area (TPSA) is 107 Å². The summed E-state index contributed by atoms with van der Waals surface area (Å²) in [5, 5.41) is 0. The van der Waals surface area contributed by atoms with Crippen molar-refractivity contribution < 1.29 is 36.3 Å². The molecule has 3 aliphatic heterocycles. The summed E-state index contributed by atoms with van der Waals surface area (Å²) >= 11 is 0. The van der Waals surface area contributed by atoms with E-state index in [1.165, 1.54) is 12.4 Å². The highest BCUT2D eigenvalue weighted by Gasteiger charge is 2.60. The van der Waals surface area contributed by atoms with Gasteiger partial charge in [-0.25, -0.2) is 13.1 Å². The molecule has 5 atom stereocenters. The monoisotopic (exact) mass is 390 g/mol. The number of nitrogens with zero attached hydrogens (tertiary/aromatic N) is 2. The fourth-order valence-corrected chi connectivity index (χ4v) is 4.33. The zero-order valence-corrected chi connectivity index (χ0v) is 15.7. The van der Waals surface area contributed by atoms with Gasteiger partial charge in [0.2, 0.25) is 0 Å². The van der Waals surface area contributed by atoms with E-state index < -0.39 is 52.6 Å². The van der Waals surface area contributed by atoms with Crippen LogP contribution < -0.4 is 0 Å². The molecule has 4 heterocycles. The van der Waals surface area contributed by atoms with Crippen LogP contribution in [0, 0.1) is 0 Å². The summed E-state index contributed by atoms with van der Waals surface area (Å²) in [6, 6.07) is 0. The van der Waals surface area contributed by atoms with Gasteiger partial charge in [-0.15, -0.1) is 0 Å². The number of ether oxygens (including phenoxy) is 5. The van der Waals surface area contributed by atoms with Crippen molar-refractivity contribution in [3.63, 3.8) is 0 Å². The molecule has 146 valence electrons. The number of fused-ring (bicyclic) bond motifs is 1. The molecule has 26 heavy (non-hydrogen) atoms. The van der Waals surface area contributed by atoms with Gasteiger partial charge in [-0.05, 0) is 27.7 Å². The molecular formula is C15H22N2O8S. The van der Waals surface area contributed by atoms with E-state index in [1.807, 2.05) is 0 Å². The zero-order valence-electron chi connectivity index (χ0n) is 14.9. The molecule has 0 amide bonds. The van der Waals surface area contributed by atoms with Gasteiger partial charge < -0.3 is 23.7 Å². The van der Waals surface area contributed by atoms with Crippen LogP contribution in [-0.2, 0) is 38.2 Å². The first-order chi connectivity index (χ1) is 12.1. The first kappa shape index (κ1) is 18.3. The summed E-state index contributed by atoms with van der Waals surface area (Å²) in [7, 11) is -4.13. The van der Waals surface area contributed by atoms with Crippen LogP contribution in [0.5, 0.6) is 0 Å². The van der Waals surface area contributed by atoms with Crippen molar-refractivity contribution in [3.8, 4) is 0 Å². The van der Waals surface area contributed by atoms with Crippen molar-refractivity contribution >= 4 is 10.3 Å². The fraction of sp³-hybridized carbons (Fsp3) is 0.800. The van der Waals surface area contributed by atoms with Gasteiger partial charge >= 0.3 is 10.3 Å². The molecule has 0 N–H and O–H groups in total. The van der Waals surface area contributed by atoms with E-state index in [4.69, 9.17) is 27.9 Å². The summed E-state index contributed by atoms with van der Waals surface area (Å²) in [4.78, 5) is 3.74. The van der Waals surface area contributed by atoms with E-state index in [2.05, 4.69) is 4.98 Å². The van der Waals surface area contributed by atoms with Crippen LogP contribution in [0.25, 0.3) is 0 Å². The number of rotatable bonds is 4. The maximum atomic E-state index is 12.6. The molecule has 1 aromatic heterocycles. The normalized spacial score (nSPS) is 38.5. The molecular weight excluding hydrogens is 368 g/mol. The highest BCUT2D eigenvalue weighted by atomic mass is 32.2. The largest absolute Gasteiger partial charge is 0.367 e. The van der Waals surface area contributed by atoms with E-state index >= 15 is 0 Å². The number of hydrogen-bond donors (Lipinski definition) is 0. The Morgan fingerprint density at radius 1 is 1.12 bits per heavy atom. The molecule has 1 unspecified atom stereocenters. The molecule has 1 aromatic rings. The Bertz CT molecular complexity index is 763. The molecule has 0 radical (unpaired) electrons. The van der Waals surface area contributed by atoms with Crippen molar-refractivity contribution in [2.45, 2.75) is 70.0 Å². The molecule has 4 rings (SSSR count). The van der Waals surface area contributed by atoms with E-state index in [9.17, 15) is 8.42 Å². The van der Waals surface area contributed by atoms with Gasteiger partial charge in [-0.1, -0.05) is 0 Å². The standard InChI is InChI=1S/C15H22N2O8S/c1-14(2)20-7-9(22-14)10-11(12-13(21-10)24-15(3,4)23-12)25-26(18,19)17-6-5-16-8-17/h5-6,8-13H,7H2,1-4H3/t9-,10?,11-,12-,13-/m1/s1. The summed E-state index contributed by atoms with van der Waals surface area (Å²) in [5.74, 6) is -1.70.